The fourth-order valence-corrected chi connectivity index (χ4v) is 1.70. The van der Waals surface area contributed by atoms with Crippen LogP contribution in [-0.4, -0.2) is 11.9 Å². The molecule has 0 aliphatic carbocycles. The van der Waals surface area contributed by atoms with Crippen molar-refractivity contribution in [2.45, 2.75) is 18.2 Å². The molecule has 0 aliphatic rings. The Bertz CT molecular complexity index is 286. The fraction of sp³-hybridized carbons (Fsp3) is 0.400. The lowest BCUT2D eigenvalue weighted by Gasteiger charge is -2.09. The van der Waals surface area contributed by atoms with E-state index in [1.165, 1.54) is 5.56 Å². The Morgan fingerprint density at radius 2 is 2.23 bits per heavy atom. The van der Waals surface area contributed by atoms with Gasteiger partial charge in [-0.05, 0) is 24.1 Å². The predicted octanol–water partition coefficient (Wildman–Crippen LogP) is 3.67. The van der Waals surface area contributed by atoms with E-state index in [-0.39, 0.29) is 0 Å². The summed E-state index contributed by atoms with van der Waals surface area (Å²) in [7, 11) is 1.66. The van der Waals surface area contributed by atoms with E-state index in [0.717, 1.165) is 12.2 Å². The van der Waals surface area contributed by atoms with Crippen LogP contribution in [0.4, 0.5) is 0 Å². The van der Waals surface area contributed by atoms with Crippen LogP contribution < -0.4 is 4.74 Å². The van der Waals surface area contributed by atoms with Crippen molar-refractivity contribution in [3.63, 3.8) is 0 Å². The van der Waals surface area contributed by atoms with E-state index in [1.807, 2.05) is 18.2 Å². The van der Waals surface area contributed by atoms with Crippen molar-refractivity contribution >= 4 is 27.5 Å². The van der Waals surface area contributed by atoms with Crippen LogP contribution >= 0.6 is 27.5 Å². The first-order chi connectivity index (χ1) is 6.13. The van der Waals surface area contributed by atoms with Crippen LogP contribution in [0.2, 0.25) is 5.02 Å². The van der Waals surface area contributed by atoms with Gasteiger partial charge in [0.1, 0.15) is 5.75 Å². The maximum atomic E-state index is 5.84. The Labute approximate surface area is 92.2 Å². The highest BCUT2D eigenvalue weighted by Gasteiger charge is 2.06. The highest BCUT2D eigenvalue weighted by Crippen LogP contribution is 2.25. The van der Waals surface area contributed by atoms with E-state index in [4.69, 9.17) is 16.3 Å². The minimum Gasteiger partial charge on any atom is -0.496 e. The Morgan fingerprint density at radius 1 is 1.54 bits per heavy atom. The van der Waals surface area contributed by atoms with Gasteiger partial charge >= 0.3 is 0 Å². The molecule has 1 atom stereocenters. The van der Waals surface area contributed by atoms with Crippen LogP contribution in [0.5, 0.6) is 5.75 Å². The second-order valence-electron chi connectivity index (χ2n) is 2.94. The molecule has 0 heterocycles. The van der Waals surface area contributed by atoms with Crippen LogP contribution in [0, 0.1) is 0 Å². The Kier molecular flexibility index (Phi) is 4.07. The maximum absolute atomic E-state index is 5.84. The second-order valence-corrected chi connectivity index (χ2v) is 4.94. The van der Waals surface area contributed by atoms with E-state index in [1.54, 1.807) is 7.11 Å². The number of methoxy groups -OCH3 is 1. The van der Waals surface area contributed by atoms with Crippen LogP contribution in [0.1, 0.15) is 12.5 Å². The highest BCUT2D eigenvalue weighted by molar-refractivity contribution is 9.09. The molecule has 1 nitrogen and oxygen atoms in total. The molecule has 0 aromatic heterocycles. The van der Waals surface area contributed by atoms with E-state index in [9.17, 15) is 0 Å². The largest absolute Gasteiger partial charge is 0.496 e. The summed E-state index contributed by atoms with van der Waals surface area (Å²) < 4.78 is 5.22. The number of hydrogen-bond donors (Lipinski definition) is 0. The lowest BCUT2D eigenvalue weighted by atomic mass is 10.1. The van der Waals surface area contributed by atoms with Crippen molar-refractivity contribution in [2.75, 3.05) is 7.11 Å². The number of benzene rings is 1. The maximum Gasteiger partial charge on any atom is 0.123 e. The van der Waals surface area contributed by atoms with Crippen LogP contribution in [0.25, 0.3) is 0 Å². The molecule has 0 saturated heterocycles. The topological polar surface area (TPSA) is 9.23 Å². The van der Waals surface area contributed by atoms with Crippen LogP contribution in [-0.2, 0) is 6.42 Å². The van der Waals surface area contributed by atoms with Crippen molar-refractivity contribution in [1.29, 1.82) is 0 Å². The molecule has 0 aliphatic heterocycles. The molecule has 0 amide bonds. The van der Waals surface area contributed by atoms with Gasteiger partial charge in [0.05, 0.1) is 7.11 Å². The van der Waals surface area contributed by atoms with Gasteiger partial charge in [-0.1, -0.05) is 40.5 Å². The monoisotopic (exact) mass is 262 g/mol. The normalized spacial score (nSPS) is 12.6. The first kappa shape index (κ1) is 10.9. The third-order valence-corrected chi connectivity index (χ3v) is 2.31. The van der Waals surface area contributed by atoms with Gasteiger partial charge in [-0.25, -0.2) is 0 Å². The molecule has 1 unspecified atom stereocenters. The third-order valence-electron chi connectivity index (χ3n) is 1.75. The zero-order valence-electron chi connectivity index (χ0n) is 7.68. The van der Waals surface area contributed by atoms with Gasteiger partial charge < -0.3 is 4.74 Å². The van der Waals surface area contributed by atoms with Gasteiger partial charge in [0.25, 0.3) is 0 Å². The summed E-state index contributed by atoms with van der Waals surface area (Å²) in [4.78, 5) is 0.447. The number of alkyl halides is 1. The van der Waals surface area contributed by atoms with Crippen molar-refractivity contribution in [2.24, 2.45) is 0 Å². The van der Waals surface area contributed by atoms with Gasteiger partial charge in [0, 0.05) is 9.85 Å². The molecule has 0 bridgehead atoms. The Hall–Kier alpha value is -0.210. The quantitative estimate of drug-likeness (QED) is 0.756. The zero-order chi connectivity index (χ0) is 9.84. The minimum atomic E-state index is 0.447. The molecule has 0 radical (unpaired) electrons. The van der Waals surface area contributed by atoms with Crippen molar-refractivity contribution in [3.8, 4) is 5.75 Å². The molecule has 72 valence electrons. The second kappa shape index (κ2) is 4.87. The summed E-state index contributed by atoms with van der Waals surface area (Å²) in [5.41, 5.74) is 1.18. The molecule has 1 aromatic rings. The highest BCUT2D eigenvalue weighted by atomic mass is 79.9. The molecule has 0 spiro atoms. The molecular formula is C10H12BrClO. The molecule has 0 saturated carbocycles. The first-order valence-corrected chi connectivity index (χ1v) is 5.39. The van der Waals surface area contributed by atoms with E-state index in [2.05, 4.69) is 22.9 Å². The number of ether oxygens (including phenoxy) is 1. The molecule has 0 N–H and O–H groups in total. The predicted molar refractivity (Wildman–Crippen MR) is 60.1 cm³/mol. The Morgan fingerprint density at radius 3 is 2.77 bits per heavy atom. The molecular weight excluding hydrogens is 251 g/mol. The molecule has 3 heteroatoms. The van der Waals surface area contributed by atoms with Crippen molar-refractivity contribution in [3.05, 3.63) is 28.8 Å². The number of rotatable bonds is 3. The van der Waals surface area contributed by atoms with E-state index in [0.29, 0.717) is 9.85 Å². The number of halogens is 2. The molecule has 13 heavy (non-hydrogen) atoms. The SMILES string of the molecule is COc1cc(Cl)ccc1CC(C)Br. The van der Waals surface area contributed by atoms with Gasteiger partial charge in [-0.3, -0.25) is 0 Å². The fourth-order valence-electron chi connectivity index (χ4n) is 1.19. The standard InChI is InChI=1S/C10H12BrClO/c1-7(11)5-8-3-4-9(12)6-10(8)13-2/h3-4,6-7H,5H2,1-2H3. The van der Waals surface area contributed by atoms with Crippen LogP contribution in [0.15, 0.2) is 18.2 Å². The average Bonchev–Trinajstić information content (AvgIpc) is 2.07. The van der Waals surface area contributed by atoms with Crippen LogP contribution in [0.3, 0.4) is 0 Å². The smallest absolute Gasteiger partial charge is 0.123 e. The lowest BCUT2D eigenvalue weighted by molar-refractivity contribution is 0.409. The van der Waals surface area contributed by atoms with Gasteiger partial charge in [0.15, 0.2) is 0 Å². The first-order valence-electron chi connectivity index (χ1n) is 4.10. The molecule has 1 rings (SSSR count). The Balaban J connectivity index is 2.92. The summed E-state index contributed by atoms with van der Waals surface area (Å²) in [6.45, 7) is 2.11. The summed E-state index contributed by atoms with van der Waals surface area (Å²) in [6.07, 6.45) is 0.945. The average molecular weight is 264 g/mol. The molecule has 1 aromatic carbocycles. The molecule has 0 fully saturated rings. The van der Waals surface area contributed by atoms with E-state index >= 15 is 0 Å². The van der Waals surface area contributed by atoms with Gasteiger partial charge in [-0.15, -0.1) is 0 Å². The zero-order valence-corrected chi connectivity index (χ0v) is 10.0. The van der Waals surface area contributed by atoms with Gasteiger partial charge in [0.2, 0.25) is 0 Å². The lowest BCUT2D eigenvalue weighted by Crippen LogP contribution is -1.99. The minimum absolute atomic E-state index is 0.447. The van der Waals surface area contributed by atoms with Gasteiger partial charge in [-0.2, -0.15) is 0 Å². The summed E-state index contributed by atoms with van der Waals surface area (Å²) in [6, 6.07) is 5.72. The summed E-state index contributed by atoms with van der Waals surface area (Å²) >= 11 is 9.34. The van der Waals surface area contributed by atoms with Crippen molar-refractivity contribution < 1.29 is 4.74 Å². The van der Waals surface area contributed by atoms with Crippen molar-refractivity contribution in [1.82, 2.24) is 0 Å². The third kappa shape index (κ3) is 3.20. The summed E-state index contributed by atoms with van der Waals surface area (Å²) in [5.74, 6) is 0.860. The van der Waals surface area contributed by atoms with E-state index < -0.39 is 0 Å². The summed E-state index contributed by atoms with van der Waals surface area (Å²) in [5, 5.41) is 0.711. The number of hydrogen-bond acceptors (Lipinski definition) is 1.